The summed E-state index contributed by atoms with van der Waals surface area (Å²) in [7, 11) is 1.41. The van der Waals surface area contributed by atoms with Crippen LogP contribution in [0.3, 0.4) is 0 Å². The van der Waals surface area contributed by atoms with Gasteiger partial charge in [-0.15, -0.1) is 148 Å². The third-order valence-electron chi connectivity index (χ3n) is 12.8. The lowest BCUT2D eigenvalue weighted by molar-refractivity contribution is 0.0831. The van der Waals surface area contributed by atoms with Gasteiger partial charge in [0.05, 0.1) is 47.7 Å². The molecule has 1 atom stereocenters. The molecule has 0 saturated heterocycles. The second kappa shape index (κ2) is 57.4. The molecule has 1 N–H and O–H groups in total. The number of aryl methyl sites for hydroxylation is 16. The molecule has 14 heterocycles. The van der Waals surface area contributed by atoms with Crippen molar-refractivity contribution in [3.05, 3.63) is 289 Å². The van der Waals surface area contributed by atoms with E-state index in [1.54, 1.807) is 124 Å². The molecular formula is C83H105BrClN3O5S16. The Hall–Kier alpha value is -4.59. The predicted molar refractivity (Wildman–Crippen MR) is 508 cm³/mol. The first-order chi connectivity index (χ1) is 51.0. The molecular weight excluding hydrogens is 1750 g/mol. The average Bonchev–Trinajstić information content (AvgIpc) is 1.75. The van der Waals surface area contributed by atoms with Gasteiger partial charge in [0, 0.05) is 108 Å². The lowest BCUT2D eigenvalue weighted by Crippen LogP contribution is -2.20. The zero-order chi connectivity index (χ0) is 80.9. The summed E-state index contributed by atoms with van der Waals surface area (Å²) in [5.74, 6) is 0.0844. The molecule has 0 spiro atoms. The largest absolute Gasteiger partial charge is 0.354 e. The summed E-state index contributed by atoms with van der Waals surface area (Å²) in [6.07, 6.45) is 8.03. The zero-order valence-electron chi connectivity index (χ0n) is 65.4. The summed E-state index contributed by atoms with van der Waals surface area (Å²) in [4.78, 5) is 49.3. The Morgan fingerprint density at radius 3 is 1.30 bits per heavy atom. The Bertz CT molecular complexity index is 4510. The van der Waals surface area contributed by atoms with Crippen LogP contribution in [0.1, 0.15) is 113 Å². The quantitative estimate of drug-likeness (QED) is 0.158. The van der Waals surface area contributed by atoms with E-state index >= 15 is 0 Å². The molecule has 0 aromatic carbocycles. The Morgan fingerprint density at radius 2 is 1.05 bits per heavy atom. The Kier molecular flexibility index (Phi) is 54.0. The number of nitrogens with one attached hydrogen (secondary N) is 1. The van der Waals surface area contributed by atoms with Crippen LogP contribution in [0.25, 0.3) is 10.6 Å². The van der Waals surface area contributed by atoms with Gasteiger partial charge in [0.2, 0.25) is 0 Å². The van der Waals surface area contributed by atoms with Crippen LogP contribution in [0.15, 0.2) is 208 Å². The van der Waals surface area contributed by atoms with Crippen LogP contribution >= 0.6 is 187 Å². The zero-order valence-corrected chi connectivity index (χ0v) is 80.8. The number of carbonyl (C=O) groups excluding carboxylic acids is 2. The first-order valence-electron chi connectivity index (χ1n) is 33.3. The third-order valence-corrected chi connectivity index (χ3v) is 30.5. The van der Waals surface area contributed by atoms with Crippen molar-refractivity contribution in [1.29, 1.82) is 0 Å². The molecule has 14 aromatic heterocycles. The minimum absolute atomic E-state index is 0. The van der Waals surface area contributed by atoms with Crippen LogP contribution in [0, 0.1) is 104 Å². The molecule has 592 valence electrons. The molecule has 26 heteroatoms. The summed E-state index contributed by atoms with van der Waals surface area (Å²) in [5, 5.41) is 11.0. The first-order valence-corrected chi connectivity index (χ1v) is 50.1. The number of rotatable bonds is 7. The summed E-state index contributed by atoms with van der Waals surface area (Å²) in [5.41, 5.74) is 3.80. The Morgan fingerprint density at radius 1 is 0.523 bits per heavy atom. The van der Waals surface area contributed by atoms with Gasteiger partial charge >= 0.3 is 0 Å². The molecule has 14 rings (SSSR count). The second-order valence-corrected chi connectivity index (χ2v) is 46.4. The van der Waals surface area contributed by atoms with Crippen LogP contribution in [0.2, 0.25) is 4.34 Å². The van der Waals surface area contributed by atoms with Crippen LogP contribution in [-0.4, -0.2) is 74.2 Å². The average molecular weight is 1850 g/mol. The summed E-state index contributed by atoms with van der Waals surface area (Å²) in [6.45, 7) is 33.3. The smallest absolute Gasteiger partial charge is 0.263 e. The lowest BCUT2D eigenvalue weighted by Gasteiger charge is -2.06. The van der Waals surface area contributed by atoms with E-state index in [0.717, 1.165) is 28.9 Å². The van der Waals surface area contributed by atoms with Crippen molar-refractivity contribution in [1.82, 2.24) is 15.2 Å². The highest BCUT2D eigenvalue weighted by molar-refractivity contribution is 9.11. The van der Waals surface area contributed by atoms with Gasteiger partial charge in [0.1, 0.15) is 4.21 Å². The van der Waals surface area contributed by atoms with E-state index in [4.69, 9.17) is 11.6 Å². The third kappa shape index (κ3) is 48.3. The number of sulfone groups is 1. The number of aromatic nitrogens is 1. The fraction of sp³-hybridized carbons (Fsp3) is 0.289. The minimum atomic E-state index is -2.96. The maximum absolute atomic E-state index is 11.3. The standard InChI is InChI=1S/C10H9NS.C8H11NOS.C7H9NOS.C7H10S.C6H8O2S2.C6H8OS2.C6H8S2.2C6H8S.C5H5BrS.C5H5ClS.2C5H6S.CH4/c1-8-5-6-10(12-8)9-4-2-3-7-11-9;1-6-4-5-7(11-6)8(10)9(2)3;1-5-3-4-6(10-5)7(9)8-2;1-3-7-5-4-6(2)8-7;1-5-3-4-6(9-5)10(2,7)8;1-5-3-4-6(8-5)9(2)7;1-5-3-4-6(7-2)8-5;1-5-3-6(2)7-4-5;1-5-3-4-6(2)7-5;2*1-4-2-3-5(6)7-4;1-5-2-3-6-4-5;1-5-3-2-4-6-5;/h2-7H,1H3;4-5H,1-3H3;3-4H,1-2H3,(H,8,9);4-5H,3H2,1-2H3;3-4H,1-2H3;3-4H,1-2H3;3-4H,1-2H3;2*3-4H,1-2H3;2*2-3H,1H3;2*2-4H,1H3;1H4. The summed E-state index contributed by atoms with van der Waals surface area (Å²) < 4.78 is 37.4. The number of amides is 2. The number of hydrogen-bond donors (Lipinski definition) is 1. The number of halogens is 2. The minimum Gasteiger partial charge on any atom is -0.354 e. The molecule has 0 bridgehead atoms. The van der Waals surface area contributed by atoms with Gasteiger partial charge in [-0.25, -0.2) is 8.42 Å². The van der Waals surface area contributed by atoms with E-state index in [9.17, 15) is 22.2 Å². The highest BCUT2D eigenvalue weighted by Crippen LogP contribution is 2.27. The SMILES string of the molecule is C.CCc1ccc(C)s1.CNC(=O)c1ccc(C)s1.CSc1ccc(C)s1.Cc1ccc(-c2ccccn2)s1.Cc1ccc(Br)s1.Cc1ccc(C(=O)N(C)C)s1.Cc1ccc(C)s1.Cc1ccc(Cl)s1.Cc1ccc(S(C)(=O)=O)s1.Cc1ccc(S(C)=O)s1.Cc1cccs1.Cc1ccsc1.Cc1csc(C)c1. The number of thioether (sulfide) groups is 1. The maximum Gasteiger partial charge on any atom is 0.263 e. The second-order valence-electron chi connectivity index (χ2n) is 23.2. The number of nitrogens with zero attached hydrogens (tertiary/aromatic N) is 2. The fourth-order valence-corrected chi connectivity index (χ4v) is 21.2. The molecule has 0 aliphatic heterocycles. The van der Waals surface area contributed by atoms with E-state index in [0.29, 0.717) is 4.21 Å². The molecule has 0 aliphatic rings. The molecule has 1 unspecified atom stereocenters. The van der Waals surface area contributed by atoms with Crippen molar-refractivity contribution in [3.8, 4) is 10.6 Å². The molecule has 14 aromatic rings. The lowest BCUT2D eigenvalue weighted by atomic mass is 10.3. The van der Waals surface area contributed by atoms with E-state index in [1.165, 1.54) is 134 Å². The van der Waals surface area contributed by atoms with Crippen molar-refractivity contribution in [2.75, 3.05) is 39.9 Å². The Balaban J connectivity index is 0.000000593. The summed E-state index contributed by atoms with van der Waals surface area (Å²) in [6, 6.07) is 54.6. The number of hydrogen-bond acceptors (Lipinski definition) is 20. The van der Waals surface area contributed by atoms with Crippen LogP contribution < -0.4 is 5.32 Å². The Labute approximate surface area is 724 Å². The molecule has 0 saturated carbocycles. The van der Waals surface area contributed by atoms with E-state index in [2.05, 4.69) is 215 Å². The molecule has 0 fully saturated rings. The highest BCUT2D eigenvalue weighted by atomic mass is 79.9. The molecule has 0 radical (unpaired) electrons. The van der Waals surface area contributed by atoms with Gasteiger partial charge in [-0.2, -0.15) is 11.3 Å². The topological polar surface area (TPSA) is 114 Å². The fourth-order valence-electron chi connectivity index (χ4n) is 7.54. The van der Waals surface area contributed by atoms with Crippen molar-refractivity contribution in [2.24, 2.45) is 0 Å². The van der Waals surface area contributed by atoms with Gasteiger partial charge < -0.3 is 10.2 Å². The molecule has 8 nitrogen and oxygen atoms in total. The van der Waals surface area contributed by atoms with Crippen molar-refractivity contribution in [3.63, 3.8) is 0 Å². The number of thiophene rings is 13. The van der Waals surface area contributed by atoms with E-state index in [1.807, 2.05) is 153 Å². The van der Waals surface area contributed by atoms with Gasteiger partial charge in [0.15, 0.2) is 9.84 Å². The van der Waals surface area contributed by atoms with Crippen LogP contribution in [0.4, 0.5) is 0 Å². The van der Waals surface area contributed by atoms with Gasteiger partial charge in [0.25, 0.3) is 11.8 Å². The normalized spacial score (nSPS) is 9.98. The van der Waals surface area contributed by atoms with Crippen LogP contribution in [-0.2, 0) is 27.1 Å². The predicted octanol–water partition coefficient (Wildman–Crippen LogP) is 30.0. The maximum atomic E-state index is 11.3. The number of pyridine rings is 1. The molecule has 0 aliphatic carbocycles. The van der Waals surface area contributed by atoms with E-state index < -0.39 is 20.6 Å². The van der Waals surface area contributed by atoms with Gasteiger partial charge in [-0.05, 0) is 317 Å². The van der Waals surface area contributed by atoms with Crippen molar-refractivity contribution >= 4 is 219 Å². The molecule has 2 amide bonds. The van der Waals surface area contributed by atoms with Crippen molar-refractivity contribution in [2.45, 2.75) is 137 Å². The number of carbonyl (C=O) groups is 2. The van der Waals surface area contributed by atoms with E-state index in [-0.39, 0.29) is 19.2 Å². The van der Waals surface area contributed by atoms with Gasteiger partial charge in [-0.1, -0.05) is 38.1 Å². The molecule has 109 heavy (non-hydrogen) atoms. The summed E-state index contributed by atoms with van der Waals surface area (Å²) >= 11 is 32.7. The first kappa shape index (κ1) is 102. The van der Waals surface area contributed by atoms with Crippen molar-refractivity contribution < 1.29 is 22.2 Å². The van der Waals surface area contributed by atoms with Gasteiger partial charge in [-0.3, -0.25) is 18.8 Å². The van der Waals surface area contributed by atoms with Crippen LogP contribution in [0.5, 0.6) is 0 Å². The highest BCUT2D eigenvalue weighted by Gasteiger charge is 2.10. The monoisotopic (exact) mass is 1850 g/mol.